The first-order valence-electron chi connectivity index (χ1n) is 8.46. The van der Waals surface area contributed by atoms with E-state index in [4.69, 9.17) is 4.52 Å². The Morgan fingerprint density at radius 1 is 1.38 bits per heavy atom. The second-order valence-corrected chi connectivity index (χ2v) is 5.91. The molecule has 0 N–H and O–H groups in total. The Balaban J connectivity index is 1.78. The summed E-state index contributed by atoms with van der Waals surface area (Å²) < 4.78 is 5.06. The third-order valence-corrected chi connectivity index (χ3v) is 4.44. The molecule has 7 heteroatoms. The van der Waals surface area contributed by atoms with Crippen molar-refractivity contribution < 1.29 is 9.32 Å². The van der Waals surface area contributed by atoms with E-state index < -0.39 is 0 Å². The van der Waals surface area contributed by atoms with Crippen molar-refractivity contribution in [3.63, 3.8) is 0 Å². The summed E-state index contributed by atoms with van der Waals surface area (Å²) >= 11 is 0. The van der Waals surface area contributed by atoms with Gasteiger partial charge in [0.15, 0.2) is 5.82 Å². The van der Waals surface area contributed by atoms with Crippen LogP contribution in [0.15, 0.2) is 22.9 Å². The lowest BCUT2D eigenvalue weighted by Gasteiger charge is -2.23. The molecule has 0 aliphatic carbocycles. The topological polar surface area (TPSA) is 75.4 Å². The van der Waals surface area contributed by atoms with Crippen LogP contribution in [0.4, 0.5) is 5.82 Å². The fourth-order valence-corrected chi connectivity index (χ4v) is 3.14. The molecule has 1 atom stereocenters. The van der Waals surface area contributed by atoms with Gasteiger partial charge in [0.05, 0.1) is 11.6 Å². The van der Waals surface area contributed by atoms with Gasteiger partial charge in [0, 0.05) is 32.8 Å². The van der Waals surface area contributed by atoms with Crippen molar-refractivity contribution >= 4 is 11.7 Å². The third-order valence-electron chi connectivity index (χ3n) is 4.44. The molecule has 2 aromatic rings. The molecule has 0 bridgehead atoms. The summed E-state index contributed by atoms with van der Waals surface area (Å²) in [4.78, 5) is 25.5. The Morgan fingerprint density at radius 3 is 2.75 bits per heavy atom. The van der Waals surface area contributed by atoms with Crippen LogP contribution >= 0.6 is 0 Å². The number of anilines is 1. The predicted octanol–water partition coefficient (Wildman–Crippen LogP) is 2.60. The largest absolute Gasteiger partial charge is 0.357 e. The molecule has 2 aromatic heterocycles. The number of carbonyl (C=O) groups excluding carboxylic acids is 1. The molecule has 1 fully saturated rings. The van der Waals surface area contributed by atoms with Crippen LogP contribution in [-0.2, 0) is 0 Å². The van der Waals surface area contributed by atoms with Gasteiger partial charge in [0.1, 0.15) is 5.82 Å². The SMILES string of the molecule is CCN(CC)c1ccc(C(=O)N2CCC[C@@H]2c2noc(C)n2)cn1. The highest BCUT2D eigenvalue weighted by molar-refractivity contribution is 5.94. The highest BCUT2D eigenvalue weighted by atomic mass is 16.5. The second kappa shape index (κ2) is 6.98. The van der Waals surface area contributed by atoms with E-state index in [-0.39, 0.29) is 11.9 Å². The first-order chi connectivity index (χ1) is 11.6. The van der Waals surface area contributed by atoms with E-state index in [2.05, 4.69) is 33.9 Å². The number of rotatable bonds is 5. The molecule has 24 heavy (non-hydrogen) atoms. The Kier molecular flexibility index (Phi) is 4.78. The zero-order valence-corrected chi connectivity index (χ0v) is 14.4. The quantitative estimate of drug-likeness (QED) is 0.839. The lowest BCUT2D eigenvalue weighted by Crippen LogP contribution is -2.31. The number of hydrogen-bond acceptors (Lipinski definition) is 6. The Hall–Kier alpha value is -2.44. The minimum atomic E-state index is -0.114. The van der Waals surface area contributed by atoms with Gasteiger partial charge >= 0.3 is 0 Å². The standard InChI is InChI=1S/C17H23N5O2/c1-4-21(5-2)15-9-8-13(11-18-15)17(23)22-10-6-7-14(22)16-19-12(3)24-20-16/h8-9,11,14H,4-7,10H2,1-3H3/t14-/m1/s1. The summed E-state index contributed by atoms with van der Waals surface area (Å²) in [7, 11) is 0. The van der Waals surface area contributed by atoms with Crippen molar-refractivity contribution in [2.45, 2.75) is 39.7 Å². The van der Waals surface area contributed by atoms with Gasteiger partial charge in [-0.25, -0.2) is 4.98 Å². The van der Waals surface area contributed by atoms with E-state index >= 15 is 0 Å². The fraction of sp³-hybridized carbons (Fsp3) is 0.529. The summed E-state index contributed by atoms with van der Waals surface area (Å²) in [6, 6.07) is 3.64. The highest BCUT2D eigenvalue weighted by Gasteiger charge is 2.33. The summed E-state index contributed by atoms with van der Waals surface area (Å²) in [5.41, 5.74) is 0.595. The number of carbonyl (C=O) groups is 1. The van der Waals surface area contributed by atoms with E-state index in [0.717, 1.165) is 31.7 Å². The van der Waals surface area contributed by atoms with Gasteiger partial charge in [-0.05, 0) is 38.8 Å². The molecule has 1 saturated heterocycles. The number of hydrogen-bond donors (Lipinski definition) is 0. The summed E-state index contributed by atoms with van der Waals surface area (Å²) in [6.45, 7) is 8.42. The van der Waals surface area contributed by atoms with Crippen molar-refractivity contribution in [2.24, 2.45) is 0 Å². The van der Waals surface area contributed by atoms with E-state index in [1.165, 1.54) is 0 Å². The monoisotopic (exact) mass is 329 g/mol. The molecular weight excluding hydrogens is 306 g/mol. The number of nitrogens with zero attached hydrogens (tertiary/aromatic N) is 5. The average Bonchev–Trinajstić information content (AvgIpc) is 3.24. The zero-order chi connectivity index (χ0) is 17.1. The second-order valence-electron chi connectivity index (χ2n) is 5.91. The molecule has 0 aromatic carbocycles. The molecule has 1 amide bonds. The van der Waals surface area contributed by atoms with Gasteiger partial charge in [-0.2, -0.15) is 4.98 Å². The van der Waals surface area contributed by atoms with Gasteiger partial charge in [-0.1, -0.05) is 5.16 Å². The van der Waals surface area contributed by atoms with Crippen molar-refractivity contribution in [3.8, 4) is 0 Å². The number of amides is 1. The lowest BCUT2D eigenvalue weighted by molar-refractivity contribution is 0.0728. The molecule has 3 heterocycles. The molecule has 1 aliphatic rings. The van der Waals surface area contributed by atoms with E-state index in [0.29, 0.717) is 23.8 Å². The summed E-state index contributed by atoms with van der Waals surface area (Å²) in [6.07, 6.45) is 3.46. The number of aromatic nitrogens is 3. The minimum Gasteiger partial charge on any atom is -0.357 e. The number of likely N-dealkylation sites (tertiary alicyclic amines) is 1. The number of pyridine rings is 1. The van der Waals surface area contributed by atoms with Crippen LogP contribution in [0.25, 0.3) is 0 Å². The maximum Gasteiger partial charge on any atom is 0.256 e. The molecule has 7 nitrogen and oxygen atoms in total. The zero-order valence-electron chi connectivity index (χ0n) is 14.4. The highest BCUT2D eigenvalue weighted by Crippen LogP contribution is 2.31. The van der Waals surface area contributed by atoms with Crippen LogP contribution in [0.1, 0.15) is 54.8 Å². The van der Waals surface area contributed by atoms with Gasteiger partial charge in [-0.3, -0.25) is 4.79 Å². The Labute approximate surface area is 141 Å². The van der Waals surface area contributed by atoms with Crippen LogP contribution < -0.4 is 4.90 Å². The Morgan fingerprint density at radius 2 is 2.17 bits per heavy atom. The first-order valence-corrected chi connectivity index (χ1v) is 8.46. The third kappa shape index (κ3) is 3.11. The van der Waals surface area contributed by atoms with Gasteiger partial charge in [0.25, 0.3) is 5.91 Å². The predicted molar refractivity (Wildman–Crippen MR) is 89.8 cm³/mol. The average molecular weight is 329 g/mol. The van der Waals surface area contributed by atoms with Crippen molar-refractivity contribution in [1.29, 1.82) is 0 Å². The molecular formula is C17H23N5O2. The smallest absolute Gasteiger partial charge is 0.256 e. The molecule has 0 spiro atoms. The van der Waals surface area contributed by atoms with Crippen LogP contribution in [0.5, 0.6) is 0 Å². The van der Waals surface area contributed by atoms with Crippen molar-refractivity contribution in [1.82, 2.24) is 20.0 Å². The molecule has 0 unspecified atom stereocenters. The van der Waals surface area contributed by atoms with Crippen molar-refractivity contribution in [3.05, 3.63) is 35.6 Å². The summed E-state index contributed by atoms with van der Waals surface area (Å²) in [5.74, 6) is 1.97. The van der Waals surface area contributed by atoms with Crippen LogP contribution in [0.2, 0.25) is 0 Å². The Bertz CT molecular complexity index is 693. The van der Waals surface area contributed by atoms with Gasteiger partial charge in [-0.15, -0.1) is 0 Å². The first kappa shape index (κ1) is 16.4. The fourth-order valence-electron chi connectivity index (χ4n) is 3.14. The normalized spacial score (nSPS) is 17.3. The van der Waals surface area contributed by atoms with Crippen LogP contribution in [-0.4, -0.2) is 45.6 Å². The van der Waals surface area contributed by atoms with E-state index in [1.807, 2.05) is 17.0 Å². The van der Waals surface area contributed by atoms with Crippen molar-refractivity contribution in [2.75, 3.05) is 24.5 Å². The minimum absolute atomic E-state index is 0.0291. The lowest BCUT2D eigenvalue weighted by atomic mass is 10.2. The van der Waals surface area contributed by atoms with Gasteiger partial charge < -0.3 is 14.3 Å². The van der Waals surface area contributed by atoms with Gasteiger partial charge in [0.2, 0.25) is 5.89 Å². The molecule has 128 valence electrons. The molecule has 0 saturated carbocycles. The van der Waals surface area contributed by atoms with E-state index in [9.17, 15) is 4.79 Å². The summed E-state index contributed by atoms with van der Waals surface area (Å²) in [5, 5.41) is 3.98. The molecule has 3 rings (SSSR count). The number of aryl methyl sites for hydroxylation is 1. The molecule has 1 aliphatic heterocycles. The maximum absolute atomic E-state index is 12.8. The maximum atomic E-state index is 12.8. The molecule has 0 radical (unpaired) electrons. The van der Waals surface area contributed by atoms with Crippen LogP contribution in [0.3, 0.4) is 0 Å². The van der Waals surface area contributed by atoms with Crippen LogP contribution in [0, 0.1) is 6.92 Å². The van der Waals surface area contributed by atoms with E-state index in [1.54, 1.807) is 13.1 Å².